The molecule has 4 N–H and O–H groups in total. The Hall–Kier alpha value is -1.41. The molecule has 4 nitrogen and oxygen atoms in total. The van der Waals surface area contributed by atoms with Gasteiger partial charge in [-0.2, -0.15) is 13.2 Å². The summed E-state index contributed by atoms with van der Waals surface area (Å²) in [4.78, 5) is 0.496. The van der Waals surface area contributed by atoms with Crippen molar-refractivity contribution in [1.82, 2.24) is 0 Å². The van der Waals surface area contributed by atoms with Crippen LogP contribution >= 0.6 is 11.8 Å². The van der Waals surface area contributed by atoms with Gasteiger partial charge < -0.3 is 16.0 Å². The van der Waals surface area contributed by atoms with E-state index in [1.165, 1.54) is 23.9 Å². The first-order chi connectivity index (χ1) is 8.79. The zero-order valence-corrected chi connectivity index (χ0v) is 10.8. The van der Waals surface area contributed by atoms with Gasteiger partial charge in [-0.25, -0.2) is 0 Å². The maximum absolute atomic E-state index is 12.8. The van der Waals surface area contributed by atoms with Gasteiger partial charge in [0.2, 0.25) is 0 Å². The van der Waals surface area contributed by atoms with Gasteiger partial charge in [-0.05, 0) is 18.2 Å². The number of hydrogen-bond donors (Lipinski definition) is 3. The molecule has 1 unspecified atom stereocenters. The summed E-state index contributed by atoms with van der Waals surface area (Å²) in [5.74, 6) is -0.605. The maximum Gasteiger partial charge on any atom is 0.417 e. The molecule has 0 aliphatic heterocycles. The summed E-state index contributed by atoms with van der Waals surface area (Å²) in [5, 5.41) is 19.9. The van der Waals surface area contributed by atoms with E-state index in [1.807, 2.05) is 0 Å². The lowest BCUT2D eigenvalue weighted by molar-refractivity contribution is -0.137. The Kier molecular flexibility index (Phi) is 5.07. The van der Waals surface area contributed by atoms with E-state index in [-0.39, 0.29) is 17.4 Å². The first-order valence-corrected chi connectivity index (χ1v) is 6.14. The van der Waals surface area contributed by atoms with Crippen LogP contribution in [0.4, 0.5) is 13.2 Å². The molecule has 0 amide bonds. The summed E-state index contributed by atoms with van der Waals surface area (Å²) in [5.41, 5.74) is 3.91. The fraction of sp³-hybridized carbons (Fsp3) is 0.364. The molecule has 1 aromatic rings. The van der Waals surface area contributed by atoms with Gasteiger partial charge in [0.1, 0.15) is 0 Å². The van der Waals surface area contributed by atoms with Crippen LogP contribution in [0.5, 0.6) is 0 Å². The average Bonchev–Trinajstić information content (AvgIpc) is 2.36. The zero-order valence-electron chi connectivity index (χ0n) is 9.98. The first-order valence-electron chi connectivity index (χ1n) is 5.26. The third kappa shape index (κ3) is 4.03. The minimum absolute atomic E-state index is 0.107. The standard InChI is InChI=1S/C11H13F3N2O2S/c1-6(5-17)19-7-2-3-9(11(12,13)14)8(4-7)10(15)16-18/h2-4,6,17-18H,5H2,1H3,(H2,15,16). The van der Waals surface area contributed by atoms with E-state index in [4.69, 9.17) is 16.0 Å². The number of amidine groups is 1. The van der Waals surface area contributed by atoms with E-state index in [2.05, 4.69) is 5.16 Å². The summed E-state index contributed by atoms with van der Waals surface area (Å²) >= 11 is 1.20. The number of oxime groups is 1. The van der Waals surface area contributed by atoms with Gasteiger partial charge in [0.25, 0.3) is 0 Å². The number of nitrogens with zero attached hydrogens (tertiary/aromatic N) is 1. The number of hydrogen-bond acceptors (Lipinski definition) is 4. The number of thioether (sulfide) groups is 1. The van der Waals surface area contributed by atoms with Gasteiger partial charge in [0, 0.05) is 15.7 Å². The lowest BCUT2D eigenvalue weighted by atomic mass is 10.1. The molecule has 0 saturated heterocycles. The van der Waals surface area contributed by atoms with Gasteiger partial charge in [-0.3, -0.25) is 0 Å². The molecule has 106 valence electrons. The second-order valence-electron chi connectivity index (χ2n) is 3.80. The highest BCUT2D eigenvalue weighted by atomic mass is 32.2. The van der Waals surface area contributed by atoms with Crippen molar-refractivity contribution < 1.29 is 23.5 Å². The van der Waals surface area contributed by atoms with Crippen LogP contribution in [0, 0.1) is 0 Å². The Morgan fingerprint density at radius 2 is 2.11 bits per heavy atom. The molecule has 0 heterocycles. The minimum atomic E-state index is -4.59. The van der Waals surface area contributed by atoms with Gasteiger partial charge in [0.15, 0.2) is 5.84 Å². The van der Waals surface area contributed by atoms with Crippen molar-refractivity contribution in [3.05, 3.63) is 29.3 Å². The molecular formula is C11H13F3N2O2S. The predicted octanol–water partition coefficient (Wildman–Crippen LogP) is 2.27. The zero-order chi connectivity index (χ0) is 14.6. The molecule has 0 spiro atoms. The molecule has 1 rings (SSSR count). The molecule has 0 aromatic heterocycles. The summed E-state index contributed by atoms with van der Waals surface area (Å²) < 4.78 is 38.3. The number of aliphatic hydroxyl groups excluding tert-OH is 1. The van der Waals surface area contributed by atoms with Crippen LogP contribution in [0.25, 0.3) is 0 Å². The lowest BCUT2D eigenvalue weighted by Gasteiger charge is -2.14. The predicted molar refractivity (Wildman–Crippen MR) is 66.4 cm³/mol. The highest BCUT2D eigenvalue weighted by Crippen LogP contribution is 2.34. The molecule has 1 atom stereocenters. The normalized spacial score (nSPS) is 14.5. The fourth-order valence-corrected chi connectivity index (χ4v) is 2.25. The number of rotatable bonds is 4. The van der Waals surface area contributed by atoms with E-state index < -0.39 is 17.6 Å². The average molecular weight is 294 g/mol. The topological polar surface area (TPSA) is 78.8 Å². The summed E-state index contributed by atoms with van der Waals surface area (Å²) in [6, 6.07) is 3.35. The molecule has 1 aromatic carbocycles. The largest absolute Gasteiger partial charge is 0.417 e. The summed E-state index contributed by atoms with van der Waals surface area (Å²) in [7, 11) is 0. The van der Waals surface area contributed by atoms with E-state index in [0.29, 0.717) is 4.90 Å². The van der Waals surface area contributed by atoms with Crippen molar-refractivity contribution in [2.45, 2.75) is 23.2 Å². The minimum Gasteiger partial charge on any atom is -0.409 e. The van der Waals surface area contributed by atoms with Crippen LogP contribution in [0.15, 0.2) is 28.3 Å². The number of alkyl halides is 3. The molecule has 0 fully saturated rings. The highest BCUT2D eigenvalue weighted by molar-refractivity contribution is 8.00. The van der Waals surface area contributed by atoms with Crippen molar-refractivity contribution in [2.75, 3.05) is 6.61 Å². The molecule has 0 aliphatic carbocycles. The van der Waals surface area contributed by atoms with E-state index in [0.717, 1.165) is 6.07 Å². The van der Waals surface area contributed by atoms with Crippen LogP contribution < -0.4 is 5.73 Å². The van der Waals surface area contributed by atoms with Crippen LogP contribution in [0.3, 0.4) is 0 Å². The van der Waals surface area contributed by atoms with Crippen molar-refractivity contribution in [3.8, 4) is 0 Å². The second-order valence-corrected chi connectivity index (χ2v) is 5.31. The monoisotopic (exact) mass is 294 g/mol. The lowest BCUT2D eigenvalue weighted by Crippen LogP contribution is -2.20. The molecular weight excluding hydrogens is 281 g/mol. The smallest absolute Gasteiger partial charge is 0.409 e. The van der Waals surface area contributed by atoms with Crippen molar-refractivity contribution >= 4 is 17.6 Å². The Labute approximate surface area is 112 Å². The second kappa shape index (κ2) is 6.16. The quantitative estimate of drug-likeness (QED) is 0.262. The van der Waals surface area contributed by atoms with Crippen LogP contribution in [-0.4, -0.2) is 28.0 Å². The van der Waals surface area contributed by atoms with Crippen LogP contribution in [-0.2, 0) is 6.18 Å². The SMILES string of the molecule is CC(CO)Sc1ccc(C(F)(F)F)c(/C(N)=N/O)c1. The van der Waals surface area contributed by atoms with Crippen molar-refractivity contribution in [3.63, 3.8) is 0 Å². The van der Waals surface area contributed by atoms with E-state index in [9.17, 15) is 13.2 Å². The number of halogens is 3. The molecule has 0 bridgehead atoms. The molecule has 0 saturated carbocycles. The Morgan fingerprint density at radius 3 is 2.58 bits per heavy atom. The molecule has 0 aliphatic rings. The molecule has 19 heavy (non-hydrogen) atoms. The number of nitrogens with two attached hydrogens (primary N) is 1. The third-order valence-corrected chi connectivity index (χ3v) is 3.35. The number of aliphatic hydroxyl groups is 1. The highest BCUT2D eigenvalue weighted by Gasteiger charge is 2.34. The fourth-order valence-electron chi connectivity index (χ4n) is 1.38. The summed E-state index contributed by atoms with van der Waals surface area (Å²) in [6.07, 6.45) is -4.59. The Bertz CT molecular complexity index is 477. The van der Waals surface area contributed by atoms with Crippen molar-refractivity contribution in [1.29, 1.82) is 0 Å². The Balaban J connectivity index is 3.24. The van der Waals surface area contributed by atoms with Gasteiger partial charge in [0.05, 0.1) is 12.2 Å². The summed E-state index contributed by atoms with van der Waals surface area (Å²) in [6.45, 7) is 1.62. The van der Waals surface area contributed by atoms with Crippen molar-refractivity contribution in [2.24, 2.45) is 10.9 Å². The first kappa shape index (κ1) is 15.6. The van der Waals surface area contributed by atoms with E-state index >= 15 is 0 Å². The van der Waals surface area contributed by atoms with Gasteiger partial charge >= 0.3 is 6.18 Å². The molecule has 0 radical (unpaired) electrons. The Morgan fingerprint density at radius 1 is 1.47 bits per heavy atom. The molecule has 8 heteroatoms. The van der Waals surface area contributed by atoms with Crippen LogP contribution in [0.2, 0.25) is 0 Å². The maximum atomic E-state index is 12.8. The van der Waals surface area contributed by atoms with Gasteiger partial charge in [-0.15, -0.1) is 11.8 Å². The van der Waals surface area contributed by atoms with E-state index in [1.54, 1.807) is 6.92 Å². The number of benzene rings is 1. The third-order valence-electron chi connectivity index (χ3n) is 2.27. The van der Waals surface area contributed by atoms with Gasteiger partial charge in [-0.1, -0.05) is 12.1 Å². The van der Waals surface area contributed by atoms with Crippen LogP contribution in [0.1, 0.15) is 18.1 Å².